The van der Waals surface area contributed by atoms with Crippen molar-refractivity contribution in [3.05, 3.63) is 77.3 Å². The first-order valence-electron chi connectivity index (χ1n) is 8.63. The zero-order valence-corrected chi connectivity index (χ0v) is 14.9. The molecule has 0 bridgehead atoms. The molecule has 0 saturated heterocycles. The van der Waals surface area contributed by atoms with Crippen LogP contribution in [0.2, 0.25) is 0 Å². The number of nitrogens with zero attached hydrogens (tertiary/aromatic N) is 3. The Balaban J connectivity index is 1.62. The fourth-order valence-corrected chi connectivity index (χ4v) is 2.99. The predicted molar refractivity (Wildman–Crippen MR) is 98.3 cm³/mol. The summed E-state index contributed by atoms with van der Waals surface area (Å²) < 4.78 is 47.6. The van der Waals surface area contributed by atoms with E-state index in [4.69, 9.17) is 4.42 Å². The minimum Gasteiger partial charge on any atom is -0.408 e. The molecule has 2 heterocycles. The second-order valence-electron chi connectivity index (χ2n) is 6.23. The summed E-state index contributed by atoms with van der Waals surface area (Å²) in [5.41, 5.74) is 3.22. The smallest absolute Gasteiger partial charge is 0.408 e. The quantitative estimate of drug-likeness (QED) is 0.502. The molecule has 0 unspecified atom stereocenters. The number of halogens is 3. The summed E-state index contributed by atoms with van der Waals surface area (Å²) in [7, 11) is 0. The first-order chi connectivity index (χ1) is 13.9. The van der Waals surface area contributed by atoms with E-state index in [-0.39, 0.29) is 5.75 Å². The second kappa shape index (κ2) is 7.42. The van der Waals surface area contributed by atoms with E-state index in [1.54, 1.807) is 30.5 Å². The average Bonchev–Trinajstić information content (AvgIpc) is 3.01. The highest BCUT2D eigenvalue weighted by molar-refractivity contribution is 5.80. The molecule has 0 radical (unpaired) electrons. The maximum Gasteiger partial charge on any atom is 0.573 e. The molecule has 0 saturated carbocycles. The molecule has 29 heavy (non-hydrogen) atoms. The molecule has 0 aliphatic heterocycles. The molecular formula is C20H14F3N3O3. The van der Waals surface area contributed by atoms with Crippen LogP contribution >= 0.6 is 0 Å². The molecule has 6 nitrogen and oxygen atoms in total. The predicted octanol–water partition coefficient (Wildman–Crippen LogP) is 4.19. The lowest BCUT2D eigenvalue weighted by atomic mass is 10.1. The third-order valence-corrected chi connectivity index (χ3v) is 4.32. The molecule has 0 amide bonds. The maximum atomic E-state index is 12.3. The molecule has 0 spiro atoms. The Morgan fingerprint density at radius 2 is 1.79 bits per heavy atom. The van der Waals surface area contributed by atoms with E-state index in [0.717, 1.165) is 11.3 Å². The number of hydrogen-bond acceptors (Lipinski definition) is 5. The number of fused-ring (bicyclic) bond motifs is 1. The minimum absolute atomic E-state index is 0.299. The number of ether oxygens (including phenoxy) is 1. The molecule has 4 aromatic rings. The lowest BCUT2D eigenvalue weighted by Gasteiger charge is -2.09. The number of aryl methyl sites for hydroxylation is 2. The van der Waals surface area contributed by atoms with Crippen LogP contribution in [-0.4, -0.2) is 20.9 Å². The first-order valence-corrected chi connectivity index (χ1v) is 8.63. The number of benzene rings is 2. The van der Waals surface area contributed by atoms with Gasteiger partial charge in [-0.15, -0.1) is 13.2 Å². The lowest BCUT2D eigenvalue weighted by Crippen LogP contribution is -2.16. The van der Waals surface area contributed by atoms with Crippen LogP contribution in [0.4, 0.5) is 13.2 Å². The van der Waals surface area contributed by atoms with E-state index in [1.165, 1.54) is 35.2 Å². The molecule has 148 valence electrons. The van der Waals surface area contributed by atoms with Gasteiger partial charge >= 0.3 is 12.1 Å². The summed E-state index contributed by atoms with van der Waals surface area (Å²) in [6.45, 7) is 0.366. The average molecular weight is 401 g/mol. The molecule has 0 aliphatic carbocycles. The topological polar surface area (TPSA) is 70.2 Å². The molecular weight excluding hydrogens is 387 g/mol. The normalized spacial score (nSPS) is 11.7. The van der Waals surface area contributed by atoms with E-state index in [9.17, 15) is 18.0 Å². The summed E-state index contributed by atoms with van der Waals surface area (Å²) in [5.74, 6) is -0.785. The van der Waals surface area contributed by atoms with Crippen molar-refractivity contribution < 1.29 is 22.3 Å². The van der Waals surface area contributed by atoms with Crippen LogP contribution in [0.25, 0.3) is 22.2 Å². The summed E-state index contributed by atoms with van der Waals surface area (Å²) in [6, 6.07) is 12.4. The standard InChI is InChI=1S/C20H14F3N3O3/c21-20(22,23)29-16-4-1-13(2-5-16)14-3-6-18-17(11-14)26(19(27)28-18)10-8-15-7-9-24-12-25-15/h1-7,9,11-12H,8,10H2. The van der Waals surface area contributed by atoms with Crippen molar-refractivity contribution in [2.45, 2.75) is 19.3 Å². The van der Waals surface area contributed by atoms with Gasteiger partial charge in [0.1, 0.15) is 12.1 Å². The molecule has 0 N–H and O–H groups in total. The SMILES string of the molecule is O=c1oc2ccc(-c3ccc(OC(F)(F)F)cc3)cc2n1CCc1ccncn1. The van der Waals surface area contributed by atoms with E-state index < -0.39 is 12.1 Å². The van der Waals surface area contributed by atoms with Gasteiger partial charge < -0.3 is 9.15 Å². The van der Waals surface area contributed by atoms with Gasteiger partial charge in [0.15, 0.2) is 5.58 Å². The van der Waals surface area contributed by atoms with Crippen molar-refractivity contribution in [2.75, 3.05) is 0 Å². The van der Waals surface area contributed by atoms with Crippen LogP contribution in [0, 0.1) is 0 Å². The number of aromatic nitrogens is 3. The summed E-state index contributed by atoms with van der Waals surface area (Å²) in [4.78, 5) is 20.2. The first kappa shape index (κ1) is 18.7. The van der Waals surface area contributed by atoms with Crippen LogP contribution in [0.15, 0.2) is 70.3 Å². The Kier molecular flexibility index (Phi) is 4.79. The van der Waals surface area contributed by atoms with Crippen molar-refractivity contribution >= 4 is 11.1 Å². The van der Waals surface area contributed by atoms with Gasteiger partial charge in [0, 0.05) is 24.9 Å². The summed E-state index contributed by atoms with van der Waals surface area (Å²) >= 11 is 0. The number of rotatable bonds is 5. The summed E-state index contributed by atoms with van der Waals surface area (Å²) in [6.07, 6.45) is -1.15. The van der Waals surface area contributed by atoms with Gasteiger partial charge in [0.05, 0.1) is 5.52 Å². The van der Waals surface area contributed by atoms with E-state index >= 15 is 0 Å². The second-order valence-corrected chi connectivity index (χ2v) is 6.23. The Morgan fingerprint density at radius 3 is 2.48 bits per heavy atom. The van der Waals surface area contributed by atoms with Crippen LogP contribution < -0.4 is 10.5 Å². The van der Waals surface area contributed by atoms with Crippen LogP contribution in [0.3, 0.4) is 0 Å². The lowest BCUT2D eigenvalue weighted by molar-refractivity contribution is -0.274. The molecule has 2 aromatic heterocycles. The van der Waals surface area contributed by atoms with Gasteiger partial charge in [-0.1, -0.05) is 18.2 Å². The third-order valence-electron chi connectivity index (χ3n) is 4.32. The number of alkyl halides is 3. The Hall–Kier alpha value is -3.62. The number of hydrogen-bond donors (Lipinski definition) is 0. The van der Waals surface area contributed by atoms with Gasteiger partial charge in [-0.2, -0.15) is 0 Å². The monoisotopic (exact) mass is 401 g/mol. The van der Waals surface area contributed by atoms with Crippen LogP contribution in [0.5, 0.6) is 5.75 Å². The fraction of sp³-hybridized carbons (Fsp3) is 0.150. The highest BCUT2D eigenvalue weighted by Gasteiger charge is 2.30. The zero-order valence-electron chi connectivity index (χ0n) is 14.9. The highest BCUT2D eigenvalue weighted by Crippen LogP contribution is 2.28. The van der Waals surface area contributed by atoms with E-state index in [2.05, 4.69) is 14.7 Å². The van der Waals surface area contributed by atoms with Crippen LogP contribution in [-0.2, 0) is 13.0 Å². The molecule has 0 fully saturated rings. The van der Waals surface area contributed by atoms with Gasteiger partial charge in [-0.3, -0.25) is 4.57 Å². The fourth-order valence-electron chi connectivity index (χ4n) is 2.99. The molecule has 4 rings (SSSR count). The van der Waals surface area contributed by atoms with Crippen molar-refractivity contribution in [2.24, 2.45) is 0 Å². The Labute approximate surface area is 162 Å². The third kappa shape index (κ3) is 4.29. The zero-order chi connectivity index (χ0) is 20.4. The Morgan fingerprint density at radius 1 is 1.03 bits per heavy atom. The molecule has 0 aliphatic rings. The van der Waals surface area contributed by atoms with E-state index in [1.807, 2.05) is 0 Å². The van der Waals surface area contributed by atoms with Crippen molar-refractivity contribution in [1.82, 2.24) is 14.5 Å². The van der Waals surface area contributed by atoms with Crippen molar-refractivity contribution in [3.63, 3.8) is 0 Å². The van der Waals surface area contributed by atoms with E-state index in [0.29, 0.717) is 29.6 Å². The van der Waals surface area contributed by atoms with Crippen molar-refractivity contribution in [3.8, 4) is 16.9 Å². The highest BCUT2D eigenvalue weighted by atomic mass is 19.4. The van der Waals surface area contributed by atoms with Gasteiger partial charge in [0.25, 0.3) is 0 Å². The minimum atomic E-state index is -4.74. The molecule has 2 aromatic carbocycles. The molecule has 9 heteroatoms. The van der Waals surface area contributed by atoms with Gasteiger partial charge in [-0.25, -0.2) is 14.8 Å². The largest absolute Gasteiger partial charge is 0.573 e. The van der Waals surface area contributed by atoms with Crippen LogP contribution in [0.1, 0.15) is 5.69 Å². The number of oxazole rings is 1. The molecule has 0 atom stereocenters. The van der Waals surface area contributed by atoms with Gasteiger partial charge in [0.2, 0.25) is 0 Å². The summed E-state index contributed by atoms with van der Waals surface area (Å²) in [5, 5.41) is 0. The maximum absolute atomic E-state index is 12.3. The van der Waals surface area contributed by atoms with Crippen molar-refractivity contribution in [1.29, 1.82) is 0 Å². The van der Waals surface area contributed by atoms with Gasteiger partial charge in [-0.05, 0) is 41.5 Å². The Bertz CT molecular complexity index is 1180.